The van der Waals surface area contributed by atoms with Gasteiger partial charge >= 0.3 is 5.97 Å². The predicted octanol–water partition coefficient (Wildman–Crippen LogP) is 2.61. The highest BCUT2D eigenvalue weighted by atomic mass is 32.2. The predicted molar refractivity (Wildman–Crippen MR) is 87.8 cm³/mol. The highest BCUT2D eigenvalue weighted by Crippen LogP contribution is 2.18. The molecule has 0 aliphatic carbocycles. The number of ether oxygens (including phenoxy) is 1. The summed E-state index contributed by atoms with van der Waals surface area (Å²) in [6.07, 6.45) is 4.00. The van der Waals surface area contributed by atoms with Crippen LogP contribution >= 0.6 is 11.8 Å². The van der Waals surface area contributed by atoms with E-state index in [0.29, 0.717) is 35.2 Å². The minimum Gasteiger partial charge on any atom is -0.462 e. The van der Waals surface area contributed by atoms with E-state index in [2.05, 4.69) is 15.1 Å². The first kappa shape index (κ1) is 15.5. The van der Waals surface area contributed by atoms with E-state index < -0.39 is 5.97 Å². The molecule has 0 amide bonds. The highest BCUT2D eigenvalue weighted by molar-refractivity contribution is 7.98. The molecule has 118 valence electrons. The molecule has 3 aromatic rings. The molecule has 2 heterocycles. The Hall–Kier alpha value is -2.41. The van der Waals surface area contributed by atoms with Crippen molar-refractivity contribution in [2.24, 2.45) is 0 Å². The number of rotatable bonds is 5. The summed E-state index contributed by atoms with van der Waals surface area (Å²) in [4.78, 5) is 20.9. The van der Waals surface area contributed by atoms with Crippen LogP contribution in [0.5, 0.6) is 0 Å². The van der Waals surface area contributed by atoms with Gasteiger partial charge in [-0.25, -0.2) is 14.8 Å². The number of esters is 1. The van der Waals surface area contributed by atoms with E-state index in [4.69, 9.17) is 4.74 Å². The van der Waals surface area contributed by atoms with Crippen LogP contribution in [0.15, 0.2) is 41.7 Å². The summed E-state index contributed by atoms with van der Waals surface area (Å²) in [6.45, 7) is 2.07. The molecular weight excluding hydrogens is 312 g/mol. The lowest BCUT2D eigenvalue weighted by Crippen LogP contribution is -2.09. The highest BCUT2D eigenvalue weighted by Gasteiger charge is 2.18. The zero-order valence-corrected chi connectivity index (χ0v) is 13.7. The van der Waals surface area contributed by atoms with Crippen LogP contribution in [-0.2, 0) is 11.2 Å². The summed E-state index contributed by atoms with van der Waals surface area (Å²) < 4.78 is 6.68. The molecule has 0 aliphatic rings. The van der Waals surface area contributed by atoms with Gasteiger partial charge in [-0.3, -0.25) is 0 Å². The van der Waals surface area contributed by atoms with Crippen molar-refractivity contribution >= 4 is 23.4 Å². The van der Waals surface area contributed by atoms with Gasteiger partial charge in [0.15, 0.2) is 16.6 Å². The molecule has 0 aliphatic heterocycles. The Balaban J connectivity index is 2.05. The first-order valence-corrected chi connectivity index (χ1v) is 8.45. The summed E-state index contributed by atoms with van der Waals surface area (Å²) in [6, 6.07) is 9.96. The van der Waals surface area contributed by atoms with Gasteiger partial charge in [0.25, 0.3) is 0 Å². The van der Waals surface area contributed by atoms with E-state index in [0.717, 1.165) is 5.56 Å². The molecule has 6 nitrogen and oxygen atoms in total. The molecule has 1 aromatic carbocycles. The van der Waals surface area contributed by atoms with Crippen LogP contribution in [0.4, 0.5) is 0 Å². The van der Waals surface area contributed by atoms with Gasteiger partial charge in [0.2, 0.25) is 0 Å². The van der Waals surface area contributed by atoms with Gasteiger partial charge in [0.1, 0.15) is 5.56 Å². The van der Waals surface area contributed by atoms with E-state index in [1.165, 1.54) is 18.0 Å². The van der Waals surface area contributed by atoms with Gasteiger partial charge in [0, 0.05) is 12.6 Å². The maximum Gasteiger partial charge on any atom is 0.343 e. The molecule has 0 bridgehead atoms. The fourth-order valence-corrected chi connectivity index (χ4v) is 2.70. The van der Waals surface area contributed by atoms with E-state index >= 15 is 0 Å². The van der Waals surface area contributed by atoms with Gasteiger partial charge in [-0.1, -0.05) is 42.1 Å². The molecule has 0 atom stereocenters. The number of thioether (sulfide) groups is 1. The van der Waals surface area contributed by atoms with Gasteiger partial charge in [-0.05, 0) is 18.7 Å². The molecule has 0 saturated carbocycles. The molecule has 0 spiro atoms. The third kappa shape index (κ3) is 3.19. The molecular formula is C16H16N4O2S. The Morgan fingerprint density at radius 3 is 2.78 bits per heavy atom. The fraction of sp³-hybridized carbons (Fsp3) is 0.250. The second-order valence-electron chi connectivity index (χ2n) is 4.80. The van der Waals surface area contributed by atoms with Crippen LogP contribution in [0.2, 0.25) is 0 Å². The lowest BCUT2D eigenvalue weighted by Gasteiger charge is -2.04. The molecule has 0 saturated heterocycles. The number of carbonyl (C=O) groups excluding carboxylic acids is 1. The third-order valence-electron chi connectivity index (χ3n) is 3.26. The van der Waals surface area contributed by atoms with Crippen LogP contribution in [0.25, 0.3) is 5.65 Å². The Kier molecular flexibility index (Phi) is 4.57. The number of hydrogen-bond donors (Lipinski definition) is 0. The SMILES string of the molecule is CCOC(=O)c1cnc(SC)n2nc(Cc3ccccc3)nc12. The lowest BCUT2D eigenvalue weighted by atomic mass is 10.1. The lowest BCUT2D eigenvalue weighted by molar-refractivity contribution is 0.0527. The second kappa shape index (κ2) is 6.78. The Morgan fingerprint density at radius 1 is 1.30 bits per heavy atom. The van der Waals surface area contributed by atoms with Gasteiger partial charge in [-0.15, -0.1) is 5.10 Å². The van der Waals surface area contributed by atoms with Crippen molar-refractivity contribution in [2.75, 3.05) is 12.9 Å². The van der Waals surface area contributed by atoms with E-state index in [1.807, 2.05) is 36.6 Å². The molecule has 2 aromatic heterocycles. The average molecular weight is 328 g/mol. The first-order valence-electron chi connectivity index (χ1n) is 7.22. The molecule has 3 rings (SSSR count). The van der Waals surface area contributed by atoms with E-state index in [1.54, 1.807) is 11.4 Å². The Labute approximate surface area is 137 Å². The van der Waals surface area contributed by atoms with Gasteiger partial charge < -0.3 is 4.74 Å². The number of benzene rings is 1. The zero-order valence-electron chi connectivity index (χ0n) is 12.9. The summed E-state index contributed by atoms with van der Waals surface area (Å²) in [7, 11) is 0. The molecule has 0 radical (unpaired) electrons. The van der Waals surface area contributed by atoms with Gasteiger partial charge in [-0.2, -0.15) is 4.52 Å². The number of hydrogen-bond acceptors (Lipinski definition) is 6. The van der Waals surface area contributed by atoms with Crippen LogP contribution in [0, 0.1) is 0 Å². The maximum atomic E-state index is 12.1. The quantitative estimate of drug-likeness (QED) is 0.407. The smallest absolute Gasteiger partial charge is 0.343 e. The first-order chi connectivity index (χ1) is 11.2. The fourth-order valence-electron chi connectivity index (χ4n) is 2.24. The van der Waals surface area contributed by atoms with Crippen molar-refractivity contribution < 1.29 is 9.53 Å². The van der Waals surface area contributed by atoms with Crippen molar-refractivity contribution in [3.8, 4) is 0 Å². The normalized spacial score (nSPS) is 10.9. The Bertz CT molecular complexity index is 833. The minimum atomic E-state index is -0.434. The number of aromatic nitrogens is 4. The number of fused-ring (bicyclic) bond motifs is 1. The van der Waals surface area contributed by atoms with Crippen LogP contribution in [0.3, 0.4) is 0 Å². The van der Waals surface area contributed by atoms with Crippen molar-refractivity contribution in [3.63, 3.8) is 0 Å². The largest absolute Gasteiger partial charge is 0.462 e. The maximum absolute atomic E-state index is 12.1. The van der Waals surface area contributed by atoms with Crippen molar-refractivity contribution in [1.29, 1.82) is 0 Å². The summed E-state index contributed by atoms with van der Waals surface area (Å²) in [5.41, 5.74) is 1.92. The molecule has 23 heavy (non-hydrogen) atoms. The molecule has 7 heteroatoms. The van der Waals surface area contributed by atoms with Crippen LogP contribution < -0.4 is 0 Å². The minimum absolute atomic E-state index is 0.306. The van der Waals surface area contributed by atoms with Crippen LogP contribution in [-0.4, -0.2) is 38.4 Å². The summed E-state index contributed by atoms with van der Waals surface area (Å²) in [5.74, 6) is 0.210. The summed E-state index contributed by atoms with van der Waals surface area (Å²) in [5, 5.41) is 5.18. The molecule has 0 unspecified atom stereocenters. The van der Waals surface area contributed by atoms with Crippen molar-refractivity contribution in [3.05, 3.63) is 53.5 Å². The van der Waals surface area contributed by atoms with Crippen molar-refractivity contribution in [1.82, 2.24) is 19.6 Å². The topological polar surface area (TPSA) is 69.4 Å². The van der Waals surface area contributed by atoms with E-state index in [9.17, 15) is 4.79 Å². The molecule has 0 fully saturated rings. The average Bonchev–Trinajstić information content (AvgIpc) is 2.98. The Morgan fingerprint density at radius 2 is 2.09 bits per heavy atom. The number of carbonyl (C=O) groups is 1. The second-order valence-corrected chi connectivity index (χ2v) is 5.58. The summed E-state index contributed by atoms with van der Waals surface area (Å²) >= 11 is 1.45. The van der Waals surface area contributed by atoms with Crippen molar-refractivity contribution in [2.45, 2.75) is 18.5 Å². The zero-order chi connectivity index (χ0) is 16.2. The van der Waals surface area contributed by atoms with E-state index in [-0.39, 0.29) is 0 Å². The standard InChI is InChI=1S/C16H16N4O2S/c1-3-22-15(21)12-10-17-16(23-2)20-14(12)18-13(19-20)9-11-7-5-4-6-8-11/h4-8,10H,3,9H2,1-2H3. The number of nitrogens with zero attached hydrogens (tertiary/aromatic N) is 4. The van der Waals surface area contributed by atoms with Gasteiger partial charge in [0.05, 0.1) is 6.61 Å². The monoisotopic (exact) mass is 328 g/mol. The van der Waals surface area contributed by atoms with Crippen LogP contribution in [0.1, 0.15) is 28.7 Å². The third-order valence-corrected chi connectivity index (χ3v) is 3.90. The molecule has 0 N–H and O–H groups in total.